The molecule has 1 atom stereocenters. The number of H-pyrrole nitrogens is 1. The van der Waals surface area contributed by atoms with Crippen LogP contribution in [0.5, 0.6) is 0 Å². The maximum atomic E-state index is 8.84. The van der Waals surface area contributed by atoms with E-state index in [4.69, 9.17) is 10.8 Å². The van der Waals surface area contributed by atoms with Gasteiger partial charge in [-0.3, -0.25) is 5.10 Å². The van der Waals surface area contributed by atoms with Crippen molar-refractivity contribution in [1.82, 2.24) is 15.2 Å². The Labute approximate surface area is 82.7 Å². The molecule has 0 saturated heterocycles. The van der Waals surface area contributed by atoms with Gasteiger partial charge in [-0.25, -0.2) is 4.98 Å². The van der Waals surface area contributed by atoms with Crippen molar-refractivity contribution in [2.75, 3.05) is 6.61 Å². The van der Waals surface area contributed by atoms with Crippen LogP contribution in [0.25, 0.3) is 0 Å². The Bertz CT molecular complexity index is 293. The smallest absolute Gasteiger partial charge is 0.169 e. The molecule has 0 aliphatic heterocycles. The van der Waals surface area contributed by atoms with Crippen molar-refractivity contribution < 1.29 is 5.11 Å². The lowest BCUT2D eigenvalue weighted by molar-refractivity contribution is 0.263. The number of nitrogens with one attached hydrogen (secondary N) is 1. The predicted octanol–water partition coefficient (Wildman–Crippen LogP) is 0.454. The predicted molar refractivity (Wildman–Crippen MR) is 51.6 cm³/mol. The van der Waals surface area contributed by atoms with Gasteiger partial charge in [0, 0.05) is 5.92 Å². The number of aliphatic hydroxyl groups is 1. The molecule has 78 valence electrons. The fourth-order valence-electron chi connectivity index (χ4n) is 1.92. The van der Waals surface area contributed by atoms with Gasteiger partial charge in [-0.05, 0) is 12.8 Å². The monoisotopic (exact) mass is 196 g/mol. The molecule has 5 nitrogen and oxygen atoms in total. The van der Waals surface area contributed by atoms with Crippen molar-refractivity contribution in [3.05, 3.63) is 11.6 Å². The van der Waals surface area contributed by atoms with Crippen molar-refractivity contribution in [2.24, 2.45) is 5.73 Å². The zero-order valence-electron chi connectivity index (χ0n) is 8.11. The van der Waals surface area contributed by atoms with Crippen molar-refractivity contribution in [3.63, 3.8) is 0 Å². The standard InChI is InChI=1S/C9H16N4O/c10-7(5-14)9-11-8(12-13-9)6-3-1-2-4-6/h6-7,14H,1-5,10H2,(H,11,12,13). The van der Waals surface area contributed by atoms with Crippen molar-refractivity contribution in [3.8, 4) is 0 Å². The van der Waals surface area contributed by atoms with Gasteiger partial charge in [0.2, 0.25) is 0 Å². The van der Waals surface area contributed by atoms with E-state index in [1.165, 1.54) is 25.7 Å². The van der Waals surface area contributed by atoms with Gasteiger partial charge >= 0.3 is 0 Å². The molecule has 0 amide bonds. The lowest BCUT2D eigenvalue weighted by atomic mass is 10.1. The Morgan fingerprint density at radius 1 is 1.50 bits per heavy atom. The van der Waals surface area contributed by atoms with Crippen LogP contribution < -0.4 is 5.73 Å². The summed E-state index contributed by atoms with van der Waals surface area (Å²) in [6.07, 6.45) is 4.91. The summed E-state index contributed by atoms with van der Waals surface area (Å²) in [5.74, 6) is 1.97. The van der Waals surface area contributed by atoms with Crippen molar-refractivity contribution >= 4 is 0 Å². The number of hydrogen-bond acceptors (Lipinski definition) is 4. The van der Waals surface area contributed by atoms with Crippen LogP contribution in [0.3, 0.4) is 0 Å². The zero-order valence-corrected chi connectivity index (χ0v) is 8.11. The van der Waals surface area contributed by atoms with E-state index >= 15 is 0 Å². The van der Waals surface area contributed by atoms with Crippen molar-refractivity contribution in [2.45, 2.75) is 37.6 Å². The van der Waals surface area contributed by atoms with Crippen LogP contribution in [-0.2, 0) is 0 Å². The molecule has 0 aromatic carbocycles. The molecule has 4 N–H and O–H groups in total. The highest BCUT2D eigenvalue weighted by atomic mass is 16.3. The molecular weight excluding hydrogens is 180 g/mol. The highest BCUT2D eigenvalue weighted by molar-refractivity contribution is 5.02. The fraction of sp³-hybridized carbons (Fsp3) is 0.778. The molecule has 1 aromatic rings. The third-order valence-corrected chi connectivity index (χ3v) is 2.79. The van der Waals surface area contributed by atoms with E-state index in [1.807, 2.05) is 0 Å². The average molecular weight is 196 g/mol. The van der Waals surface area contributed by atoms with Crippen LogP contribution in [0.1, 0.15) is 49.3 Å². The Morgan fingerprint density at radius 2 is 2.21 bits per heavy atom. The highest BCUT2D eigenvalue weighted by Gasteiger charge is 2.21. The van der Waals surface area contributed by atoms with Crippen LogP contribution in [-0.4, -0.2) is 26.9 Å². The Balaban J connectivity index is 2.08. The summed E-state index contributed by atoms with van der Waals surface area (Å²) in [7, 11) is 0. The first-order chi connectivity index (χ1) is 6.81. The number of aromatic amines is 1. The van der Waals surface area contributed by atoms with Gasteiger partial charge in [-0.2, -0.15) is 5.10 Å². The third-order valence-electron chi connectivity index (χ3n) is 2.79. The second-order valence-electron chi connectivity index (χ2n) is 3.85. The molecule has 1 saturated carbocycles. The number of nitrogens with two attached hydrogens (primary N) is 1. The second-order valence-corrected chi connectivity index (χ2v) is 3.85. The number of hydrogen-bond donors (Lipinski definition) is 3. The van der Waals surface area contributed by atoms with Gasteiger partial charge < -0.3 is 10.8 Å². The number of aliphatic hydroxyl groups excluding tert-OH is 1. The molecule has 1 heterocycles. The summed E-state index contributed by atoms with van der Waals surface area (Å²) in [6.45, 7) is -0.109. The number of rotatable bonds is 3. The summed E-state index contributed by atoms with van der Waals surface area (Å²) in [5, 5.41) is 15.8. The number of nitrogens with zero attached hydrogens (tertiary/aromatic N) is 2. The fourth-order valence-corrected chi connectivity index (χ4v) is 1.92. The Kier molecular flexibility index (Phi) is 2.79. The van der Waals surface area contributed by atoms with E-state index in [-0.39, 0.29) is 6.61 Å². The summed E-state index contributed by atoms with van der Waals surface area (Å²) in [6, 6.07) is -0.457. The van der Waals surface area contributed by atoms with E-state index in [0.29, 0.717) is 11.7 Å². The molecule has 0 bridgehead atoms. The largest absolute Gasteiger partial charge is 0.394 e. The molecule has 0 radical (unpaired) electrons. The van der Waals surface area contributed by atoms with E-state index in [2.05, 4.69) is 15.2 Å². The van der Waals surface area contributed by atoms with Crippen LogP contribution in [0.4, 0.5) is 0 Å². The van der Waals surface area contributed by atoms with Gasteiger partial charge in [-0.1, -0.05) is 12.8 Å². The van der Waals surface area contributed by atoms with Crippen LogP contribution >= 0.6 is 0 Å². The lowest BCUT2D eigenvalue weighted by Gasteiger charge is -2.03. The van der Waals surface area contributed by atoms with Gasteiger partial charge in [0.25, 0.3) is 0 Å². The minimum absolute atomic E-state index is 0.109. The van der Waals surface area contributed by atoms with E-state index in [0.717, 1.165) is 5.82 Å². The highest BCUT2D eigenvalue weighted by Crippen LogP contribution is 2.31. The molecule has 0 spiro atoms. The molecule has 14 heavy (non-hydrogen) atoms. The average Bonchev–Trinajstić information content (AvgIpc) is 2.86. The van der Waals surface area contributed by atoms with E-state index in [9.17, 15) is 0 Å². The van der Waals surface area contributed by atoms with Crippen LogP contribution in [0.15, 0.2) is 0 Å². The van der Waals surface area contributed by atoms with Gasteiger partial charge in [-0.15, -0.1) is 0 Å². The van der Waals surface area contributed by atoms with E-state index < -0.39 is 6.04 Å². The molecule has 1 aliphatic rings. The SMILES string of the molecule is NC(CO)c1n[nH]c(C2CCCC2)n1. The summed E-state index contributed by atoms with van der Waals surface area (Å²) < 4.78 is 0. The van der Waals surface area contributed by atoms with E-state index in [1.54, 1.807) is 0 Å². The molecule has 1 unspecified atom stereocenters. The first kappa shape index (κ1) is 9.61. The maximum absolute atomic E-state index is 8.84. The quantitative estimate of drug-likeness (QED) is 0.655. The van der Waals surface area contributed by atoms with Gasteiger partial charge in [0.15, 0.2) is 5.82 Å². The van der Waals surface area contributed by atoms with Crippen LogP contribution in [0, 0.1) is 0 Å². The first-order valence-electron chi connectivity index (χ1n) is 5.10. The van der Waals surface area contributed by atoms with Crippen molar-refractivity contribution in [1.29, 1.82) is 0 Å². The molecule has 1 aliphatic carbocycles. The number of aromatic nitrogens is 3. The molecule has 1 aromatic heterocycles. The lowest BCUT2D eigenvalue weighted by Crippen LogP contribution is -2.16. The topological polar surface area (TPSA) is 87.8 Å². The van der Waals surface area contributed by atoms with Gasteiger partial charge in [0.05, 0.1) is 12.6 Å². The molecular formula is C9H16N4O. The molecule has 5 heteroatoms. The summed E-state index contributed by atoms with van der Waals surface area (Å²) >= 11 is 0. The first-order valence-corrected chi connectivity index (χ1v) is 5.10. The zero-order chi connectivity index (χ0) is 9.97. The minimum atomic E-state index is -0.457. The normalized spacial score (nSPS) is 20.1. The van der Waals surface area contributed by atoms with Gasteiger partial charge in [0.1, 0.15) is 5.82 Å². The van der Waals surface area contributed by atoms with Crippen LogP contribution in [0.2, 0.25) is 0 Å². The molecule has 2 rings (SSSR count). The third kappa shape index (κ3) is 1.78. The Hall–Kier alpha value is -0.940. The second kappa shape index (κ2) is 4.06. The maximum Gasteiger partial charge on any atom is 0.169 e. The minimum Gasteiger partial charge on any atom is -0.394 e. The Morgan fingerprint density at radius 3 is 2.86 bits per heavy atom. The summed E-state index contributed by atoms with van der Waals surface area (Å²) in [4.78, 5) is 4.31. The summed E-state index contributed by atoms with van der Waals surface area (Å²) in [5.41, 5.74) is 5.61. The molecule has 1 fully saturated rings.